The third kappa shape index (κ3) is 7.04. The minimum Gasteiger partial charge on any atom is -0.379 e. The summed E-state index contributed by atoms with van der Waals surface area (Å²) in [6.45, 7) is 10.1. The van der Waals surface area contributed by atoms with Crippen molar-refractivity contribution >= 4 is 34.6 Å². The van der Waals surface area contributed by atoms with Crippen molar-refractivity contribution in [3.8, 4) is 0 Å². The van der Waals surface area contributed by atoms with Gasteiger partial charge in [-0.1, -0.05) is 23.9 Å². The molecule has 0 spiro atoms. The van der Waals surface area contributed by atoms with Gasteiger partial charge in [0.1, 0.15) is 0 Å². The molecule has 2 N–H and O–H groups in total. The van der Waals surface area contributed by atoms with Gasteiger partial charge in [-0.15, -0.1) is 0 Å². The summed E-state index contributed by atoms with van der Waals surface area (Å²) in [5.41, 5.74) is 0.0273. The monoisotopic (exact) mass is 461 g/mol. The number of urea groups is 1. The standard InChI is InChI=1S/C22H31N5O4S/c1-22(2,3)25-20(30)24-18(28)15-32-21-23-17-8-5-4-7-16(17)19(29)27(21)10-6-9-26-11-13-31-14-12-26/h4-5,7-8H,6,9-15H2,1-3H3,(H2,24,25,28,30). The third-order valence-electron chi connectivity index (χ3n) is 4.86. The molecule has 1 aliphatic heterocycles. The van der Waals surface area contributed by atoms with Crippen LogP contribution in [0.2, 0.25) is 0 Å². The molecule has 1 fully saturated rings. The van der Waals surface area contributed by atoms with Crippen LogP contribution < -0.4 is 16.2 Å². The second-order valence-electron chi connectivity index (χ2n) is 8.72. The molecule has 3 amide bonds. The molecule has 174 valence electrons. The van der Waals surface area contributed by atoms with Crippen molar-refractivity contribution in [3.05, 3.63) is 34.6 Å². The molecule has 1 saturated heterocycles. The number of nitrogens with zero attached hydrogens (tertiary/aromatic N) is 3. The zero-order chi connectivity index (χ0) is 23.1. The average Bonchev–Trinajstić information content (AvgIpc) is 2.73. The van der Waals surface area contributed by atoms with Crippen LogP contribution in [0.3, 0.4) is 0 Å². The molecule has 1 aromatic heterocycles. The van der Waals surface area contributed by atoms with Crippen LogP contribution in [0.5, 0.6) is 0 Å². The Morgan fingerprint density at radius 3 is 2.59 bits per heavy atom. The lowest BCUT2D eigenvalue weighted by Crippen LogP contribution is -2.48. The molecule has 0 bridgehead atoms. The van der Waals surface area contributed by atoms with Crippen LogP contribution in [0.25, 0.3) is 10.9 Å². The van der Waals surface area contributed by atoms with Gasteiger partial charge in [-0.05, 0) is 39.3 Å². The molecular weight excluding hydrogens is 430 g/mol. The van der Waals surface area contributed by atoms with Crippen molar-refractivity contribution < 1.29 is 14.3 Å². The number of nitrogens with one attached hydrogen (secondary N) is 2. The molecule has 1 aromatic carbocycles. The molecule has 0 unspecified atom stereocenters. The third-order valence-corrected chi connectivity index (χ3v) is 5.84. The highest BCUT2D eigenvalue weighted by Gasteiger charge is 2.18. The number of fused-ring (bicyclic) bond motifs is 1. The molecule has 32 heavy (non-hydrogen) atoms. The number of carbonyl (C=O) groups excluding carboxylic acids is 2. The summed E-state index contributed by atoms with van der Waals surface area (Å²) in [7, 11) is 0. The summed E-state index contributed by atoms with van der Waals surface area (Å²) in [4.78, 5) is 44.3. The Labute approximate surface area is 191 Å². The number of aromatic nitrogens is 2. The number of hydrogen-bond acceptors (Lipinski definition) is 7. The molecule has 2 aromatic rings. The van der Waals surface area contributed by atoms with Crippen LogP contribution in [-0.4, -0.2) is 70.5 Å². The molecule has 0 atom stereocenters. The molecule has 10 heteroatoms. The van der Waals surface area contributed by atoms with E-state index in [2.05, 4.69) is 20.5 Å². The predicted octanol–water partition coefficient (Wildman–Crippen LogP) is 1.84. The zero-order valence-corrected chi connectivity index (χ0v) is 19.7. The van der Waals surface area contributed by atoms with Gasteiger partial charge in [0.2, 0.25) is 5.91 Å². The lowest BCUT2D eigenvalue weighted by molar-refractivity contribution is -0.117. The Hall–Kier alpha value is -2.43. The van der Waals surface area contributed by atoms with E-state index in [1.807, 2.05) is 32.9 Å². The topological polar surface area (TPSA) is 106 Å². The van der Waals surface area contributed by atoms with Gasteiger partial charge in [-0.3, -0.25) is 24.4 Å². The summed E-state index contributed by atoms with van der Waals surface area (Å²) < 4.78 is 7.02. The second-order valence-corrected chi connectivity index (χ2v) is 9.66. The summed E-state index contributed by atoms with van der Waals surface area (Å²) in [6.07, 6.45) is 0.785. The smallest absolute Gasteiger partial charge is 0.321 e. The van der Waals surface area contributed by atoms with E-state index < -0.39 is 17.5 Å². The van der Waals surface area contributed by atoms with Crippen LogP contribution in [0.4, 0.5) is 4.79 Å². The van der Waals surface area contributed by atoms with Gasteiger partial charge in [0.25, 0.3) is 5.56 Å². The molecular formula is C22H31N5O4S. The van der Waals surface area contributed by atoms with E-state index in [1.54, 1.807) is 16.7 Å². The number of ether oxygens (including phenoxy) is 1. The summed E-state index contributed by atoms with van der Waals surface area (Å²) >= 11 is 1.16. The number of morpholine rings is 1. The maximum Gasteiger partial charge on any atom is 0.321 e. The summed E-state index contributed by atoms with van der Waals surface area (Å²) in [5, 5.41) is 6.04. The highest BCUT2D eigenvalue weighted by atomic mass is 32.2. The first kappa shape index (κ1) is 24.2. The molecule has 0 radical (unpaired) electrons. The molecule has 0 aliphatic carbocycles. The Morgan fingerprint density at radius 2 is 1.88 bits per heavy atom. The summed E-state index contributed by atoms with van der Waals surface area (Å²) in [6, 6.07) is 6.65. The fourth-order valence-electron chi connectivity index (χ4n) is 3.40. The van der Waals surface area contributed by atoms with Crippen LogP contribution in [0.1, 0.15) is 27.2 Å². The average molecular weight is 462 g/mol. The van der Waals surface area contributed by atoms with Crippen molar-refractivity contribution in [1.82, 2.24) is 25.1 Å². The van der Waals surface area contributed by atoms with Gasteiger partial charge in [0.15, 0.2) is 5.16 Å². The van der Waals surface area contributed by atoms with Gasteiger partial charge >= 0.3 is 6.03 Å². The number of thioether (sulfide) groups is 1. The largest absolute Gasteiger partial charge is 0.379 e. The van der Waals surface area contributed by atoms with Crippen molar-refractivity contribution in [2.45, 2.75) is 44.4 Å². The Morgan fingerprint density at radius 1 is 1.16 bits per heavy atom. The van der Waals surface area contributed by atoms with E-state index in [-0.39, 0.29) is 11.3 Å². The molecule has 0 saturated carbocycles. The van der Waals surface area contributed by atoms with Gasteiger partial charge in [0.05, 0.1) is 29.9 Å². The van der Waals surface area contributed by atoms with Gasteiger partial charge in [-0.2, -0.15) is 0 Å². The molecule has 2 heterocycles. The number of imide groups is 1. The van der Waals surface area contributed by atoms with E-state index >= 15 is 0 Å². The maximum atomic E-state index is 13.1. The fourth-order valence-corrected chi connectivity index (χ4v) is 4.22. The maximum absolute atomic E-state index is 13.1. The van der Waals surface area contributed by atoms with Crippen LogP contribution in [0.15, 0.2) is 34.2 Å². The van der Waals surface area contributed by atoms with Gasteiger partial charge < -0.3 is 10.1 Å². The highest BCUT2D eigenvalue weighted by molar-refractivity contribution is 7.99. The number of carbonyl (C=O) groups is 2. The van der Waals surface area contributed by atoms with Crippen molar-refractivity contribution in [1.29, 1.82) is 0 Å². The van der Waals surface area contributed by atoms with E-state index in [0.717, 1.165) is 51.0 Å². The van der Waals surface area contributed by atoms with Crippen LogP contribution in [-0.2, 0) is 16.1 Å². The summed E-state index contributed by atoms with van der Waals surface area (Å²) in [5.74, 6) is -0.467. The van der Waals surface area contributed by atoms with Crippen molar-refractivity contribution in [2.24, 2.45) is 0 Å². The number of rotatable bonds is 7. The Bertz CT molecular complexity index is 1010. The Balaban J connectivity index is 1.69. The lowest BCUT2D eigenvalue weighted by atomic mass is 10.1. The predicted molar refractivity (Wildman–Crippen MR) is 125 cm³/mol. The van der Waals surface area contributed by atoms with E-state index in [1.165, 1.54) is 0 Å². The quantitative estimate of drug-likeness (QED) is 0.479. The molecule has 3 rings (SSSR count). The normalized spacial score (nSPS) is 15.0. The highest BCUT2D eigenvalue weighted by Crippen LogP contribution is 2.18. The second kappa shape index (κ2) is 10.9. The SMILES string of the molecule is CC(C)(C)NC(=O)NC(=O)CSc1nc2ccccc2c(=O)n1CCCN1CCOCC1. The van der Waals surface area contributed by atoms with Crippen molar-refractivity contribution in [3.63, 3.8) is 0 Å². The van der Waals surface area contributed by atoms with Gasteiger partial charge in [0, 0.05) is 31.7 Å². The van der Waals surface area contributed by atoms with Crippen LogP contribution >= 0.6 is 11.8 Å². The van der Waals surface area contributed by atoms with E-state index in [9.17, 15) is 14.4 Å². The Kier molecular flexibility index (Phi) is 8.27. The number of para-hydroxylation sites is 1. The fraction of sp³-hybridized carbons (Fsp3) is 0.545. The first-order valence-corrected chi connectivity index (χ1v) is 11.8. The van der Waals surface area contributed by atoms with E-state index in [0.29, 0.717) is 22.6 Å². The zero-order valence-electron chi connectivity index (χ0n) is 18.8. The van der Waals surface area contributed by atoms with Crippen LogP contribution in [0, 0.1) is 0 Å². The molecule has 1 aliphatic rings. The molecule has 9 nitrogen and oxygen atoms in total. The minimum atomic E-state index is -0.544. The first-order chi connectivity index (χ1) is 15.2. The van der Waals surface area contributed by atoms with Crippen molar-refractivity contribution in [2.75, 3.05) is 38.6 Å². The number of hydrogen-bond donors (Lipinski definition) is 2. The van der Waals surface area contributed by atoms with Gasteiger partial charge in [-0.25, -0.2) is 9.78 Å². The van der Waals surface area contributed by atoms with E-state index in [4.69, 9.17) is 4.74 Å². The number of amides is 3. The number of benzene rings is 1. The minimum absolute atomic E-state index is 0.0220. The lowest BCUT2D eigenvalue weighted by Gasteiger charge is -2.26. The first-order valence-electron chi connectivity index (χ1n) is 10.8.